The van der Waals surface area contributed by atoms with Gasteiger partial charge in [-0.25, -0.2) is 4.79 Å². The van der Waals surface area contributed by atoms with Gasteiger partial charge in [0.05, 0.1) is 32.7 Å². The van der Waals surface area contributed by atoms with Crippen molar-refractivity contribution >= 4 is 46.7 Å². The van der Waals surface area contributed by atoms with Crippen LogP contribution in [0.4, 0.5) is 5.69 Å². The standard InChI is InChI=1S/C21H19Cl2N3O6/c1-2-32-21(29)14-10-13(11-15(12-14)26(30)31)19(27)24-6-8-25(9-7-24)20(28)16-4-3-5-17(22)18(16)23/h3-5,10-12H,2,6-9H2,1H3. The summed E-state index contributed by atoms with van der Waals surface area (Å²) in [5.74, 6) is -1.53. The molecule has 1 aliphatic heterocycles. The highest BCUT2D eigenvalue weighted by Gasteiger charge is 2.28. The molecule has 1 fully saturated rings. The summed E-state index contributed by atoms with van der Waals surface area (Å²) in [6.07, 6.45) is 0. The summed E-state index contributed by atoms with van der Waals surface area (Å²) in [6.45, 7) is 2.61. The molecular formula is C21H19Cl2N3O6. The molecule has 1 heterocycles. The van der Waals surface area contributed by atoms with Gasteiger partial charge in [0.25, 0.3) is 17.5 Å². The second-order valence-electron chi connectivity index (χ2n) is 6.93. The number of benzene rings is 2. The molecule has 0 atom stereocenters. The van der Waals surface area contributed by atoms with E-state index in [2.05, 4.69) is 0 Å². The summed E-state index contributed by atoms with van der Waals surface area (Å²) in [6, 6.07) is 8.25. The number of esters is 1. The van der Waals surface area contributed by atoms with Crippen LogP contribution in [0.5, 0.6) is 0 Å². The second-order valence-corrected chi connectivity index (χ2v) is 7.72. The molecule has 0 aromatic heterocycles. The van der Waals surface area contributed by atoms with Crippen molar-refractivity contribution in [2.75, 3.05) is 32.8 Å². The summed E-state index contributed by atoms with van der Waals surface area (Å²) in [7, 11) is 0. The van der Waals surface area contributed by atoms with E-state index in [1.807, 2.05) is 0 Å². The van der Waals surface area contributed by atoms with Gasteiger partial charge in [0, 0.05) is 43.9 Å². The maximum absolute atomic E-state index is 13.0. The van der Waals surface area contributed by atoms with Crippen LogP contribution >= 0.6 is 23.2 Å². The van der Waals surface area contributed by atoms with Crippen LogP contribution in [0.25, 0.3) is 0 Å². The SMILES string of the molecule is CCOC(=O)c1cc(C(=O)N2CCN(C(=O)c3cccc(Cl)c3Cl)CC2)cc([N+](=O)[O-])c1. The Balaban J connectivity index is 1.75. The largest absolute Gasteiger partial charge is 0.462 e. The highest BCUT2D eigenvalue weighted by molar-refractivity contribution is 6.43. The van der Waals surface area contributed by atoms with E-state index in [4.69, 9.17) is 27.9 Å². The van der Waals surface area contributed by atoms with Crippen molar-refractivity contribution in [2.24, 2.45) is 0 Å². The number of ether oxygens (including phenoxy) is 1. The Kier molecular flexibility index (Phi) is 7.32. The summed E-state index contributed by atoms with van der Waals surface area (Å²) < 4.78 is 4.89. The molecule has 3 rings (SSSR count). The first-order chi connectivity index (χ1) is 15.2. The van der Waals surface area contributed by atoms with Crippen molar-refractivity contribution in [3.05, 3.63) is 73.2 Å². The zero-order valence-electron chi connectivity index (χ0n) is 17.0. The molecule has 9 nitrogen and oxygen atoms in total. The summed E-state index contributed by atoms with van der Waals surface area (Å²) in [5, 5.41) is 11.7. The van der Waals surface area contributed by atoms with Crippen LogP contribution in [-0.4, -0.2) is 65.3 Å². The fourth-order valence-electron chi connectivity index (χ4n) is 3.31. The molecule has 168 valence electrons. The van der Waals surface area contributed by atoms with Crippen molar-refractivity contribution in [3.63, 3.8) is 0 Å². The van der Waals surface area contributed by atoms with Crippen molar-refractivity contribution < 1.29 is 24.0 Å². The maximum Gasteiger partial charge on any atom is 0.338 e. The molecule has 11 heteroatoms. The molecule has 0 N–H and O–H groups in total. The predicted molar refractivity (Wildman–Crippen MR) is 117 cm³/mol. The molecule has 2 aromatic carbocycles. The van der Waals surface area contributed by atoms with Crippen LogP contribution in [0.2, 0.25) is 10.0 Å². The number of nitro benzene ring substituents is 1. The Morgan fingerprint density at radius 3 is 2.19 bits per heavy atom. The number of carbonyl (C=O) groups is 3. The topological polar surface area (TPSA) is 110 Å². The number of amides is 2. The second kappa shape index (κ2) is 9.97. The molecule has 0 saturated carbocycles. The number of nitrogens with zero attached hydrogens (tertiary/aromatic N) is 3. The number of non-ortho nitro benzene ring substituents is 1. The van der Waals surface area contributed by atoms with E-state index in [0.29, 0.717) is 0 Å². The van der Waals surface area contributed by atoms with E-state index in [9.17, 15) is 24.5 Å². The molecule has 0 unspecified atom stereocenters. The fraction of sp³-hybridized carbons (Fsp3) is 0.286. The third-order valence-electron chi connectivity index (χ3n) is 4.92. The Morgan fingerprint density at radius 1 is 1.00 bits per heavy atom. The first-order valence-electron chi connectivity index (χ1n) is 9.72. The maximum atomic E-state index is 13.0. The average Bonchev–Trinajstić information content (AvgIpc) is 2.80. The number of nitro groups is 1. The van der Waals surface area contributed by atoms with Crippen molar-refractivity contribution in [1.82, 2.24) is 9.80 Å². The lowest BCUT2D eigenvalue weighted by Crippen LogP contribution is -2.50. The summed E-state index contributed by atoms with van der Waals surface area (Å²) >= 11 is 12.1. The lowest BCUT2D eigenvalue weighted by Gasteiger charge is -2.35. The molecule has 2 aromatic rings. The van der Waals surface area contributed by atoms with Crippen LogP contribution in [0.15, 0.2) is 36.4 Å². The number of carbonyl (C=O) groups excluding carboxylic acids is 3. The van der Waals surface area contributed by atoms with Gasteiger partial charge in [-0.1, -0.05) is 29.3 Å². The smallest absolute Gasteiger partial charge is 0.338 e. The zero-order valence-corrected chi connectivity index (χ0v) is 18.6. The van der Waals surface area contributed by atoms with Crippen LogP contribution in [0.3, 0.4) is 0 Å². The Hall–Kier alpha value is -3.17. The average molecular weight is 480 g/mol. The molecule has 0 bridgehead atoms. The van der Waals surface area contributed by atoms with Gasteiger partial charge in [-0.2, -0.15) is 0 Å². The quantitative estimate of drug-likeness (QED) is 0.367. The Morgan fingerprint density at radius 2 is 1.59 bits per heavy atom. The highest BCUT2D eigenvalue weighted by Crippen LogP contribution is 2.27. The van der Waals surface area contributed by atoms with Crippen LogP contribution in [-0.2, 0) is 4.74 Å². The van der Waals surface area contributed by atoms with Gasteiger partial charge in [-0.05, 0) is 25.1 Å². The molecule has 0 radical (unpaired) electrons. The van der Waals surface area contributed by atoms with E-state index < -0.39 is 16.8 Å². The first-order valence-corrected chi connectivity index (χ1v) is 10.5. The van der Waals surface area contributed by atoms with Crippen molar-refractivity contribution in [2.45, 2.75) is 6.92 Å². The zero-order chi connectivity index (χ0) is 23.4. The normalized spacial score (nSPS) is 13.6. The third-order valence-corrected chi connectivity index (χ3v) is 5.74. The van der Waals surface area contributed by atoms with E-state index >= 15 is 0 Å². The van der Waals surface area contributed by atoms with E-state index in [1.54, 1.807) is 30.0 Å². The van der Waals surface area contributed by atoms with Gasteiger partial charge in [-0.3, -0.25) is 19.7 Å². The van der Waals surface area contributed by atoms with Gasteiger partial charge in [0.15, 0.2) is 0 Å². The number of piperazine rings is 1. The van der Waals surface area contributed by atoms with E-state index in [0.717, 1.165) is 12.1 Å². The summed E-state index contributed by atoms with van der Waals surface area (Å²) in [5.41, 5.74) is -0.186. The molecule has 2 amide bonds. The monoisotopic (exact) mass is 479 g/mol. The molecular weight excluding hydrogens is 461 g/mol. The number of rotatable bonds is 5. The minimum atomic E-state index is -0.751. The minimum Gasteiger partial charge on any atom is -0.462 e. The van der Waals surface area contributed by atoms with Crippen molar-refractivity contribution in [3.8, 4) is 0 Å². The third kappa shape index (κ3) is 5.00. The molecule has 1 aliphatic rings. The number of hydrogen-bond acceptors (Lipinski definition) is 6. The van der Waals surface area contributed by atoms with Gasteiger partial charge in [0.1, 0.15) is 0 Å². The number of halogens is 2. The predicted octanol–water partition coefficient (Wildman–Crippen LogP) is 3.68. The minimum absolute atomic E-state index is 0.0000785. The van der Waals surface area contributed by atoms with Gasteiger partial charge >= 0.3 is 5.97 Å². The van der Waals surface area contributed by atoms with E-state index in [-0.39, 0.29) is 71.1 Å². The van der Waals surface area contributed by atoms with Crippen LogP contribution in [0.1, 0.15) is 38.0 Å². The first kappa shape index (κ1) is 23.5. The molecule has 32 heavy (non-hydrogen) atoms. The van der Waals surface area contributed by atoms with Gasteiger partial charge in [0.2, 0.25) is 0 Å². The molecule has 0 aliphatic carbocycles. The Labute approximate surface area is 193 Å². The number of hydrogen-bond donors (Lipinski definition) is 0. The van der Waals surface area contributed by atoms with Gasteiger partial charge in [-0.15, -0.1) is 0 Å². The lowest BCUT2D eigenvalue weighted by atomic mass is 10.1. The molecule has 1 saturated heterocycles. The highest BCUT2D eigenvalue weighted by atomic mass is 35.5. The summed E-state index contributed by atoms with van der Waals surface area (Å²) in [4.78, 5) is 51.4. The van der Waals surface area contributed by atoms with Crippen LogP contribution in [0, 0.1) is 10.1 Å². The van der Waals surface area contributed by atoms with Crippen LogP contribution < -0.4 is 0 Å². The van der Waals surface area contributed by atoms with Gasteiger partial charge < -0.3 is 14.5 Å². The molecule has 0 spiro atoms. The van der Waals surface area contributed by atoms with Crippen molar-refractivity contribution in [1.29, 1.82) is 0 Å². The Bertz CT molecular complexity index is 1080. The fourth-order valence-corrected chi connectivity index (χ4v) is 3.69. The lowest BCUT2D eigenvalue weighted by molar-refractivity contribution is -0.384. The van der Waals surface area contributed by atoms with E-state index in [1.165, 1.54) is 11.0 Å².